The normalized spacial score (nSPS) is 27.7. The Kier molecular flexibility index (Phi) is 5.01. The first-order valence-electron chi connectivity index (χ1n) is 5.32. The molecule has 0 bridgehead atoms. The van der Waals surface area contributed by atoms with Gasteiger partial charge >= 0.3 is 0 Å². The van der Waals surface area contributed by atoms with Crippen LogP contribution in [0.25, 0.3) is 0 Å². The minimum Gasteiger partial charge on any atom is -0.396 e. The predicted molar refractivity (Wildman–Crippen MR) is 56.4 cm³/mol. The molecule has 5 heteroatoms. The summed E-state index contributed by atoms with van der Waals surface area (Å²) in [5.41, 5.74) is 0. The zero-order valence-electron chi connectivity index (χ0n) is 9.32. The number of carbonyl (C=O) groups excluding carboxylic acids is 1. The van der Waals surface area contributed by atoms with E-state index in [1.54, 1.807) is 0 Å². The fourth-order valence-electron chi connectivity index (χ4n) is 1.57. The van der Waals surface area contributed by atoms with Crippen molar-refractivity contribution in [1.82, 2.24) is 10.6 Å². The predicted octanol–water partition coefficient (Wildman–Crippen LogP) is -1.03. The van der Waals surface area contributed by atoms with Crippen molar-refractivity contribution >= 4 is 5.91 Å². The fraction of sp³-hybridized carbons (Fsp3) is 0.900. The molecular formula is C10H20N2O3. The van der Waals surface area contributed by atoms with Gasteiger partial charge in [0.25, 0.3) is 0 Å². The zero-order valence-corrected chi connectivity index (χ0v) is 9.32. The van der Waals surface area contributed by atoms with Crippen LogP contribution in [0.15, 0.2) is 0 Å². The second-order valence-corrected chi connectivity index (χ2v) is 4.07. The average molecular weight is 216 g/mol. The van der Waals surface area contributed by atoms with E-state index in [2.05, 4.69) is 10.6 Å². The molecule has 1 aliphatic heterocycles. The van der Waals surface area contributed by atoms with Crippen LogP contribution in [0, 0.1) is 11.8 Å². The van der Waals surface area contributed by atoms with Gasteiger partial charge in [-0.1, -0.05) is 6.92 Å². The van der Waals surface area contributed by atoms with Crippen molar-refractivity contribution in [2.45, 2.75) is 13.0 Å². The third-order valence-corrected chi connectivity index (χ3v) is 2.72. The van der Waals surface area contributed by atoms with Crippen molar-refractivity contribution in [3.8, 4) is 0 Å². The van der Waals surface area contributed by atoms with E-state index in [4.69, 9.17) is 9.84 Å². The lowest BCUT2D eigenvalue weighted by molar-refractivity contribution is -0.125. The molecule has 0 radical (unpaired) electrons. The summed E-state index contributed by atoms with van der Waals surface area (Å²) in [6.45, 7) is 3.56. The van der Waals surface area contributed by atoms with Gasteiger partial charge in [0.2, 0.25) is 5.91 Å². The molecule has 1 amide bonds. The van der Waals surface area contributed by atoms with Gasteiger partial charge in [-0.3, -0.25) is 4.79 Å². The molecule has 3 atom stereocenters. The number of rotatable bonds is 5. The molecule has 0 aliphatic carbocycles. The van der Waals surface area contributed by atoms with Crippen LogP contribution in [0.5, 0.6) is 0 Å². The maximum absolute atomic E-state index is 11.7. The average Bonchev–Trinajstić information content (AvgIpc) is 2.73. The molecule has 3 N–H and O–H groups in total. The SMILES string of the molecule is CNC1COCC1C(=O)NCC(C)CO. The van der Waals surface area contributed by atoms with E-state index in [1.165, 1.54) is 0 Å². The van der Waals surface area contributed by atoms with Crippen molar-refractivity contribution in [1.29, 1.82) is 0 Å². The van der Waals surface area contributed by atoms with Crippen molar-refractivity contribution in [3.63, 3.8) is 0 Å². The van der Waals surface area contributed by atoms with Gasteiger partial charge in [-0.15, -0.1) is 0 Å². The van der Waals surface area contributed by atoms with E-state index in [0.29, 0.717) is 19.8 Å². The number of amides is 1. The van der Waals surface area contributed by atoms with Gasteiger partial charge in [0.15, 0.2) is 0 Å². The van der Waals surface area contributed by atoms with Crippen molar-refractivity contribution < 1.29 is 14.6 Å². The van der Waals surface area contributed by atoms with Gasteiger partial charge in [-0.25, -0.2) is 0 Å². The van der Waals surface area contributed by atoms with Crippen LogP contribution >= 0.6 is 0 Å². The van der Waals surface area contributed by atoms with Crippen LogP contribution in [0.3, 0.4) is 0 Å². The Bertz CT molecular complexity index is 211. The second kappa shape index (κ2) is 6.05. The first kappa shape index (κ1) is 12.4. The van der Waals surface area contributed by atoms with E-state index in [-0.39, 0.29) is 30.4 Å². The van der Waals surface area contributed by atoms with Gasteiger partial charge in [0, 0.05) is 19.2 Å². The number of nitrogens with one attached hydrogen (secondary N) is 2. The molecule has 88 valence electrons. The van der Waals surface area contributed by atoms with Crippen molar-refractivity contribution in [2.24, 2.45) is 11.8 Å². The monoisotopic (exact) mass is 216 g/mol. The minimum atomic E-state index is -0.110. The van der Waals surface area contributed by atoms with Gasteiger partial charge < -0.3 is 20.5 Å². The van der Waals surface area contributed by atoms with E-state index in [1.807, 2.05) is 14.0 Å². The maximum atomic E-state index is 11.7. The van der Waals surface area contributed by atoms with Crippen LogP contribution in [0.4, 0.5) is 0 Å². The van der Waals surface area contributed by atoms with Crippen molar-refractivity contribution in [2.75, 3.05) is 33.4 Å². The number of aliphatic hydroxyl groups is 1. The summed E-state index contributed by atoms with van der Waals surface area (Å²) in [7, 11) is 1.83. The fourth-order valence-corrected chi connectivity index (χ4v) is 1.57. The Morgan fingerprint density at radius 2 is 2.33 bits per heavy atom. The number of ether oxygens (including phenoxy) is 1. The van der Waals surface area contributed by atoms with Gasteiger partial charge in [-0.2, -0.15) is 0 Å². The Balaban J connectivity index is 2.33. The molecule has 0 aromatic rings. The maximum Gasteiger partial charge on any atom is 0.227 e. The molecule has 0 aromatic heterocycles. The third-order valence-electron chi connectivity index (χ3n) is 2.72. The summed E-state index contributed by atoms with van der Waals surface area (Å²) in [5, 5.41) is 14.7. The zero-order chi connectivity index (χ0) is 11.3. The molecule has 5 nitrogen and oxygen atoms in total. The first-order valence-corrected chi connectivity index (χ1v) is 5.32. The minimum absolute atomic E-state index is 0.00662. The summed E-state index contributed by atoms with van der Waals surface area (Å²) in [5.74, 6) is -0.00245. The Morgan fingerprint density at radius 1 is 1.60 bits per heavy atom. The molecule has 1 aliphatic rings. The number of carbonyl (C=O) groups is 1. The van der Waals surface area contributed by atoms with Gasteiger partial charge in [-0.05, 0) is 13.0 Å². The lowest BCUT2D eigenvalue weighted by Gasteiger charge is -2.17. The molecule has 15 heavy (non-hydrogen) atoms. The highest BCUT2D eigenvalue weighted by atomic mass is 16.5. The van der Waals surface area contributed by atoms with E-state index < -0.39 is 0 Å². The standard InChI is InChI=1S/C10H20N2O3/c1-7(4-13)3-12-10(14)8-5-15-6-9(8)11-2/h7-9,11,13H,3-6H2,1-2H3,(H,12,14). The van der Waals surface area contributed by atoms with Gasteiger partial charge in [0.05, 0.1) is 19.1 Å². The quantitative estimate of drug-likeness (QED) is 0.549. The second-order valence-electron chi connectivity index (χ2n) is 4.07. The smallest absolute Gasteiger partial charge is 0.227 e. The van der Waals surface area contributed by atoms with Gasteiger partial charge in [0.1, 0.15) is 0 Å². The summed E-state index contributed by atoms with van der Waals surface area (Å²) in [4.78, 5) is 11.7. The number of hydrogen-bond donors (Lipinski definition) is 3. The highest BCUT2D eigenvalue weighted by Crippen LogP contribution is 2.13. The van der Waals surface area contributed by atoms with Crippen LogP contribution in [-0.4, -0.2) is 50.5 Å². The topological polar surface area (TPSA) is 70.6 Å². The summed E-state index contributed by atoms with van der Waals surface area (Å²) >= 11 is 0. The van der Waals surface area contributed by atoms with E-state index >= 15 is 0 Å². The highest BCUT2D eigenvalue weighted by molar-refractivity contribution is 5.79. The summed E-state index contributed by atoms with van der Waals surface area (Å²) in [6, 6.07) is 0.106. The first-order chi connectivity index (χ1) is 7.19. The number of aliphatic hydroxyl groups excluding tert-OH is 1. The molecule has 0 spiro atoms. The largest absolute Gasteiger partial charge is 0.396 e. The lowest BCUT2D eigenvalue weighted by atomic mass is 10.0. The molecule has 3 unspecified atom stereocenters. The highest BCUT2D eigenvalue weighted by Gasteiger charge is 2.32. The van der Waals surface area contributed by atoms with E-state index in [9.17, 15) is 4.79 Å². The Hall–Kier alpha value is -0.650. The van der Waals surface area contributed by atoms with Crippen LogP contribution in [-0.2, 0) is 9.53 Å². The summed E-state index contributed by atoms with van der Waals surface area (Å²) < 4.78 is 5.24. The molecule has 1 saturated heterocycles. The van der Waals surface area contributed by atoms with Crippen LogP contribution in [0.2, 0.25) is 0 Å². The molecule has 0 aromatic carbocycles. The van der Waals surface area contributed by atoms with Crippen LogP contribution < -0.4 is 10.6 Å². The number of hydrogen-bond acceptors (Lipinski definition) is 4. The summed E-state index contributed by atoms with van der Waals surface area (Å²) in [6.07, 6.45) is 0. The third kappa shape index (κ3) is 3.44. The molecule has 0 saturated carbocycles. The Labute approximate surface area is 90.2 Å². The Morgan fingerprint density at radius 3 is 2.93 bits per heavy atom. The molecule has 1 rings (SSSR count). The van der Waals surface area contributed by atoms with Crippen molar-refractivity contribution in [3.05, 3.63) is 0 Å². The molecule has 1 heterocycles. The lowest BCUT2D eigenvalue weighted by Crippen LogP contribution is -2.43. The van der Waals surface area contributed by atoms with E-state index in [0.717, 1.165) is 0 Å². The number of likely N-dealkylation sites (N-methyl/N-ethyl adjacent to an activating group) is 1. The molecular weight excluding hydrogens is 196 g/mol. The van der Waals surface area contributed by atoms with Crippen LogP contribution in [0.1, 0.15) is 6.92 Å². The molecule has 1 fully saturated rings.